The highest BCUT2D eigenvalue weighted by molar-refractivity contribution is 7.85. The third-order valence-corrected chi connectivity index (χ3v) is 3.61. The van der Waals surface area contributed by atoms with Crippen LogP contribution in [0, 0.1) is 0 Å². The van der Waals surface area contributed by atoms with E-state index < -0.39 is 10.1 Å². The van der Waals surface area contributed by atoms with Crippen molar-refractivity contribution in [3.05, 3.63) is 17.6 Å². The van der Waals surface area contributed by atoms with Crippen molar-refractivity contribution in [1.82, 2.24) is 0 Å². The Hall–Kier alpha value is -0.810. The first-order chi connectivity index (χ1) is 7.99. The van der Waals surface area contributed by atoms with E-state index in [-0.39, 0.29) is 4.90 Å². The Balaban J connectivity index is 2.79. The standard InChI is InChI=1S/C12H20O4S/c1-3-5-6-7-8-11-12(17(13,14)15)9-10(4-2)16-11/h9H,3-8H2,1-2H3,(H,13,14,15). The maximum absolute atomic E-state index is 11.2. The molecule has 1 heterocycles. The zero-order valence-corrected chi connectivity index (χ0v) is 11.2. The van der Waals surface area contributed by atoms with E-state index >= 15 is 0 Å². The molecule has 1 N–H and O–H groups in total. The molecule has 0 bridgehead atoms. The van der Waals surface area contributed by atoms with Crippen LogP contribution in [0.15, 0.2) is 15.4 Å². The van der Waals surface area contributed by atoms with Crippen molar-refractivity contribution < 1.29 is 17.4 Å². The van der Waals surface area contributed by atoms with Crippen molar-refractivity contribution in [2.24, 2.45) is 0 Å². The molecule has 1 aromatic heterocycles. The maximum Gasteiger partial charge on any atom is 0.298 e. The maximum atomic E-state index is 11.2. The summed E-state index contributed by atoms with van der Waals surface area (Å²) in [6, 6.07) is 1.42. The van der Waals surface area contributed by atoms with Gasteiger partial charge in [0.15, 0.2) is 0 Å². The summed E-state index contributed by atoms with van der Waals surface area (Å²) in [5.74, 6) is 0.989. The van der Waals surface area contributed by atoms with Gasteiger partial charge in [-0.05, 0) is 6.42 Å². The van der Waals surface area contributed by atoms with E-state index in [1.165, 1.54) is 6.07 Å². The van der Waals surface area contributed by atoms with Crippen LogP contribution in [-0.2, 0) is 23.0 Å². The summed E-state index contributed by atoms with van der Waals surface area (Å²) in [7, 11) is -4.16. The predicted octanol–water partition coefficient (Wildman–Crippen LogP) is 3.21. The molecular weight excluding hydrogens is 240 g/mol. The first-order valence-corrected chi connectivity index (χ1v) is 7.52. The van der Waals surface area contributed by atoms with Gasteiger partial charge in [0.25, 0.3) is 10.1 Å². The zero-order chi connectivity index (χ0) is 12.9. The Morgan fingerprint density at radius 3 is 2.47 bits per heavy atom. The third kappa shape index (κ3) is 4.16. The van der Waals surface area contributed by atoms with E-state index in [9.17, 15) is 8.42 Å². The van der Waals surface area contributed by atoms with Crippen LogP contribution < -0.4 is 0 Å². The van der Waals surface area contributed by atoms with Crippen molar-refractivity contribution in [3.63, 3.8) is 0 Å². The molecule has 0 radical (unpaired) electrons. The number of unbranched alkanes of at least 4 members (excludes halogenated alkanes) is 3. The van der Waals surface area contributed by atoms with Crippen molar-refractivity contribution in [3.8, 4) is 0 Å². The first-order valence-electron chi connectivity index (χ1n) is 6.08. The lowest BCUT2D eigenvalue weighted by Crippen LogP contribution is -2.00. The molecule has 1 rings (SSSR count). The summed E-state index contributed by atoms with van der Waals surface area (Å²) < 4.78 is 36.9. The molecule has 0 saturated heterocycles. The van der Waals surface area contributed by atoms with Gasteiger partial charge in [-0.1, -0.05) is 33.1 Å². The van der Waals surface area contributed by atoms with Gasteiger partial charge in [-0.15, -0.1) is 0 Å². The first kappa shape index (κ1) is 14.3. The van der Waals surface area contributed by atoms with Crippen LogP contribution >= 0.6 is 0 Å². The molecule has 0 atom stereocenters. The fraction of sp³-hybridized carbons (Fsp3) is 0.667. The minimum absolute atomic E-state index is 0.0640. The Morgan fingerprint density at radius 2 is 1.94 bits per heavy atom. The highest BCUT2D eigenvalue weighted by Gasteiger charge is 2.20. The number of hydrogen-bond acceptors (Lipinski definition) is 3. The Labute approximate surface area is 103 Å². The van der Waals surface area contributed by atoms with Gasteiger partial charge in [0.05, 0.1) is 0 Å². The Kier molecular flexibility index (Phi) is 5.21. The molecule has 98 valence electrons. The van der Waals surface area contributed by atoms with E-state index in [4.69, 9.17) is 8.97 Å². The van der Waals surface area contributed by atoms with Crippen LogP contribution in [0.3, 0.4) is 0 Å². The van der Waals surface area contributed by atoms with E-state index in [1.807, 2.05) is 6.92 Å². The molecule has 0 aliphatic carbocycles. The molecule has 0 fully saturated rings. The van der Waals surface area contributed by atoms with Gasteiger partial charge in [-0.2, -0.15) is 8.42 Å². The van der Waals surface area contributed by atoms with Crippen LogP contribution in [0.1, 0.15) is 51.1 Å². The lowest BCUT2D eigenvalue weighted by molar-refractivity contribution is 0.443. The van der Waals surface area contributed by atoms with E-state index in [2.05, 4.69) is 6.92 Å². The fourth-order valence-corrected chi connectivity index (χ4v) is 2.46. The zero-order valence-electron chi connectivity index (χ0n) is 10.4. The van der Waals surface area contributed by atoms with Crippen molar-refractivity contribution in [2.75, 3.05) is 0 Å². The summed E-state index contributed by atoms with van der Waals surface area (Å²) in [6.07, 6.45) is 5.37. The van der Waals surface area contributed by atoms with Crippen LogP contribution in [0.2, 0.25) is 0 Å². The highest BCUT2D eigenvalue weighted by Crippen LogP contribution is 2.23. The van der Waals surface area contributed by atoms with Gasteiger partial charge in [0, 0.05) is 18.9 Å². The monoisotopic (exact) mass is 260 g/mol. The summed E-state index contributed by atoms with van der Waals surface area (Å²) in [5.41, 5.74) is 0. The highest BCUT2D eigenvalue weighted by atomic mass is 32.2. The second kappa shape index (κ2) is 6.21. The SMILES string of the molecule is CCCCCCc1oc(CC)cc1S(=O)(=O)O. The smallest absolute Gasteiger partial charge is 0.298 e. The van der Waals surface area contributed by atoms with Crippen molar-refractivity contribution in [1.29, 1.82) is 0 Å². The van der Waals surface area contributed by atoms with E-state index in [0.29, 0.717) is 24.4 Å². The van der Waals surface area contributed by atoms with Crippen LogP contribution in [0.4, 0.5) is 0 Å². The molecule has 17 heavy (non-hydrogen) atoms. The quantitative estimate of drug-likeness (QED) is 0.603. The molecular formula is C12H20O4S. The van der Waals surface area contributed by atoms with E-state index in [0.717, 1.165) is 25.7 Å². The van der Waals surface area contributed by atoms with Gasteiger partial charge in [-0.25, -0.2) is 0 Å². The second-order valence-electron chi connectivity index (χ2n) is 4.14. The topological polar surface area (TPSA) is 67.5 Å². The normalized spacial score (nSPS) is 11.9. The third-order valence-electron chi connectivity index (χ3n) is 2.70. The number of hydrogen-bond donors (Lipinski definition) is 1. The van der Waals surface area contributed by atoms with Crippen LogP contribution in [0.25, 0.3) is 0 Å². The Morgan fingerprint density at radius 1 is 1.24 bits per heavy atom. The molecule has 4 nitrogen and oxygen atoms in total. The van der Waals surface area contributed by atoms with Crippen molar-refractivity contribution >= 4 is 10.1 Å². The second-order valence-corrected chi connectivity index (χ2v) is 5.53. The van der Waals surface area contributed by atoms with E-state index in [1.54, 1.807) is 0 Å². The summed E-state index contributed by atoms with van der Waals surface area (Å²) in [4.78, 5) is -0.0640. The molecule has 0 aliphatic rings. The summed E-state index contributed by atoms with van der Waals surface area (Å²) in [5, 5.41) is 0. The minimum Gasteiger partial charge on any atom is -0.465 e. The van der Waals surface area contributed by atoms with Gasteiger partial charge in [0.2, 0.25) is 0 Å². The lowest BCUT2D eigenvalue weighted by Gasteiger charge is -2.00. The Bertz CT molecular complexity index is 445. The molecule has 0 aliphatic heterocycles. The molecule has 0 saturated carbocycles. The van der Waals surface area contributed by atoms with Gasteiger partial charge >= 0.3 is 0 Å². The largest absolute Gasteiger partial charge is 0.465 e. The minimum atomic E-state index is -4.16. The molecule has 0 unspecified atom stereocenters. The fourth-order valence-electron chi connectivity index (χ4n) is 1.74. The number of aryl methyl sites for hydroxylation is 2. The lowest BCUT2D eigenvalue weighted by atomic mass is 10.1. The summed E-state index contributed by atoms with van der Waals surface area (Å²) >= 11 is 0. The average molecular weight is 260 g/mol. The van der Waals surface area contributed by atoms with Crippen molar-refractivity contribution in [2.45, 2.75) is 57.3 Å². The predicted molar refractivity (Wildman–Crippen MR) is 65.7 cm³/mol. The average Bonchev–Trinajstić information content (AvgIpc) is 2.67. The van der Waals surface area contributed by atoms with Gasteiger partial charge in [-0.3, -0.25) is 4.55 Å². The van der Waals surface area contributed by atoms with Crippen LogP contribution in [0.5, 0.6) is 0 Å². The molecule has 1 aromatic rings. The number of furan rings is 1. The van der Waals surface area contributed by atoms with Gasteiger partial charge < -0.3 is 4.42 Å². The number of rotatable bonds is 7. The molecule has 0 spiro atoms. The summed E-state index contributed by atoms with van der Waals surface area (Å²) in [6.45, 7) is 4.00. The van der Waals surface area contributed by atoms with Crippen LogP contribution in [-0.4, -0.2) is 13.0 Å². The molecule has 0 aromatic carbocycles. The molecule has 5 heteroatoms. The molecule has 0 amide bonds. The van der Waals surface area contributed by atoms with Gasteiger partial charge in [0.1, 0.15) is 16.4 Å².